The number of amides is 2. The zero-order valence-corrected chi connectivity index (χ0v) is 11.3. The number of hydrogen-bond donors (Lipinski definition) is 1. The van der Waals surface area contributed by atoms with Gasteiger partial charge in [-0.3, -0.25) is 9.59 Å². The number of carbonyl (C=O) groups is 2. The Hall–Kier alpha value is -2.11. The van der Waals surface area contributed by atoms with Gasteiger partial charge in [0, 0.05) is 32.1 Å². The molecule has 1 saturated heterocycles. The lowest BCUT2D eigenvalue weighted by Crippen LogP contribution is -2.46. The molecule has 0 bridgehead atoms. The van der Waals surface area contributed by atoms with E-state index in [0.29, 0.717) is 0 Å². The molecule has 1 aliphatic carbocycles. The average Bonchev–Trinajstić information content (AvgIpc) is 3.33. The molecule has 1 aromatic rings. The van der Waals surface area contributed by atoms with Crippen LogP contribution in [0.4, 0.5) is 11.5 Å². The molecular formula is C14H18N4O2. The van der Waals surface area contributed by atoms with Crippen LogP contribution in [0.15, 0.2) is 18.3 Å². The summed E-state index contributed by atoms with van der Waals surface area (Å²) in [5.41, 5.74) is 0.747. The largest absolute Gasteiger partial charge is 0.353 e. The van der Waals surface area contributed by atoms with Crippen LogP contribution >= 0.6 is 0 Å². The van der Waals surface area contributed by atoms with Crippen LogP contribution in [0.25, 0.3) is 0 Å². The molecule has 0 spiro atoms. The summed E-state index contributed by atoms with van der Waals surface area (Å²) in [4.78, 5) is 30.6. The molecule has 0 atom stereocenters. The molecule has 0 aromatic carbocycles. The lowest BCUT2D eigenvalue weighted by Gasteiger charge is -2.33. The minimum atomic E-state index is 0.0964. The predicted molar refractivity (Wildman–Crippen MR) is 75.4 cm³/mol. The third-order valence-electron chi connectivity index (χ3n) is 3.75. The summed E-state index contributed by atoms with van der Waals surface area (Å²) in [5, 5.41) is 2.88. The summed E-state index contributed by atoms with van der Waals surface area (Å²) in [5.74, 6) is 1.19. The fourth-order valence-electron chi connectivity index (χ4n) is 2.29. The van der Waals surface area contributed by atoms with Crippen LogP contribution in [0.5, 0.6) is 0 Å². The zero-order valence-electron chi connectivity index (χ0n) is 11.3. The van der Waals surface area contributed by atoms with Gasteiger partial charge in [0.1, 0.15) is 5.82 Å². The smallest absolute Gasteiger partial charge is 0.227 e. The van der Waals surface area contributed by atoms with Gasteiger partial charge in [-0.2, -0.15) is 0 Å². The molecule has 1 saturated carbocycles. The summed E-state index contributed by atoms with van der Waals surface area (Å²) < 4.78 is 0. The summed E-state index contributed by atoms with van der Waals surface area (Å²) in [6.07, 6.45) is 4.58. The molecule has 1 N–H and O–H groups in total. The number of nitrogens with zero attached hydrogens (tertiary/aromatic N) is 3. The summed E-state index contributed by atoms with van der Waals surface area (Å²) in [6.45, 7) is 3.04. The van der Waals surface area contributed by atoms with E-state index in [1.165, 1.54) is 0 Å². The van der Waals surface area contributed by atoms with Crippen molar-refractivity contribution in [2.75, 3.05) is 36.4 Å². The van der Waals surface area contributed by atoms with Crippen molar-refractivity contribution in [2.24, 2.45) is 5.92 Å². The SMILES string of the molecule is O=CN1CCN(c2ccc(NC(=O)C3CC3)cn2)CC1. The molecular weight excluding hydrogens is 256 g/mol. The first-order valence-corrected chi connectivity index (χ1v) is 6.97. The molecule has 2 amide bonds. The second-order valence-electron chi connectivity index (χ2n) is 5.30. The van der Waals surface area contributed by atoms with E-state index in [2.05, 4.69) is 15.2 Å². The first-order valence-electron chi connectivity index (χ1n) is 6.97. The number of pyridine rings is 1. The van der Waals surface area contributed by atoms with Gasteiger partial charge in [-0.25, -0.2) is 4.98 Å². The van der Waals surface area contributed by atoms with Crippen molar-refractivity contribution in [3.05, 3.63) is 18.3 Å². The topological polar surface area (TPSA) is 65.5 Å². The van der Waals surface area contributed by atoms with Gasteiger partial charge >= 0.3 is 0 Å². The highest BCUT2D eigenvalue weighted by molar-refractivity contribution is 5.93. The van der Waals surface area contributed by atoms with E-state index < -0.39 is 0 Å². The van der Waals surface area contributed by atoms with Crippen LogP contribution in [0.2, 0.25) is 0 Å². The Morgan fingerprint density at radius 1 is 1.25 bits per heavy atom. The summed E-state index contributed by atoms with van der Waals surface area (Å²) in [7, 11) is 0. The summed E-state index contributed by atoms with van der Waals surface area (Å²) in [6, 6.07) is 3.80. The lowest BCUT2D eigenvalue weighted by molar-refractivity contribution is -0.118. The van der Waals surface area contributed by atoms with Gasteiger partial charge < -0.3 is 15.1 Å². The molecule has 1 aliphatic heterocycles. The number of nitrogens with one attached hydrogen (secondary N) is 1. The van der Waals surface area contributed by atoms with Gasteiger partial charge in [-0.1, -0.05) is 0 Å². The van der Waals surface area contributed by atoms with Crippen molar-refractivity contribution >= 4 is 23.8 Å². The molecule has 1 aromatic heterocycles. The monoisotopic (exact) mass is 274 g/mol. The van der Waals surface area contributed by atoms with Crippen LogP contribution in [-0.4, -0.2) is 48.4 Å². The fraction of sp³-hybridized carbons (Fsp3) is 0.500. The highest BCUT2D eigenvalue weighted by Crippen LogP contribution is 2.30. The highest BCUT2D eigenvalue weighted by atomic mass is 16.2. The molecule has 3 rings (SSSR count). The molecule has 106 valence electrons. The van der Waals surface area contributed by atoms with E-state index in [0.717, 1.165) is 56.9 Å². The van der Waals surface area contributed by atoms with Gasteiger partial charge in [0.25, 0.3) is 0 Å². The van der Waals surface area contributed by atoms with E-state index in [4.69, 9.17) is 0 Å². The Labute approximate surface area is 117 Å². The maximum Gasteiger partial charge on any atom is 0.227 e. The van der Waals surface area contributed by atoms with Crippen molar-refractivity contribution in [1.82, 2.24) is 9.88 Å². The van der Waals surface area contributed by atoms with Crippen molar-refractivity contribution < 1.29 is 9.59 Å². The van der Waals surface area contributed by atoms with E-state index in [9.17, 15) is 9.59 Å². The van der Waals surface area contributed by atoms with Crippen molar-refractivity contribution in [1.29, 1.82) is 0 Å². The van der Waals surface area contributed by atoms with Crippen LogP contribution in [0, 0.1) is 5.92 Å². The van der Waals surface area contributed by atoms with Crippen molar-refractivity contribution in [3.8, 4) is 0 Å². The summed E-state index contributed by atoms with van der Waals surface area (Å²) >= 11 is 0. The normalized spacial score (nSPS) is 18.8. The number of anilines is 2. The Morgan fingerprint density at radius 3 is 2.55 bits per heavy atom. The molecule has 2 aliphatic rings. The molecule has 0 unspecified atom stereocenters. The van der Waals surface area contributed by atoms with Crippen LogP contribution < -0.4 is 10.2 Å². The van der Waals surface area contributed by atoms with Gasteiger partial charge in [-0.15, -0.1) is 0 Å². The Bertz CT molecular complexity index is 490. The number of piperazine rings is 1. The minimum Gasteiger partial charge on any atom is -0.353 e. The highest BCUT2D eigenvalue weighted by Gasteiger charge is 2.29. The third kappa shape index (κ3) is 2.89. The van der Waals surface area contributed by atoms with Gasteiger partial charge in [-0.05, 0) is 25.0 Å². The Balaban J connectivity index is 1.58. The standard InChI is InChI=1S/C14H18N4O2/c19-10-17-5-7-18(8-6-17)13-4-3-12(9-15-13)16-14(20)11-1-2-11/h3-4,9-11H,1-2,5-8H2,(H,16,20). The van der Waals surface area contributed by atoms with E-state index in [-0.39, 0.29) is 11.8 Å². The minimum absolute atomic E-state index is 0.0964. The van der Waals surface area contributed by atoms with Crippen molar-refractivity contribution in [2.45, 2.75) is 12.8 Å². The second kappa shape index (κ2) is 5.48. The number of hydrogen-bond acceptors (Lipinski definition) is 4. The van der Waals surface area contributed by atoms with E-state index in [1.54, 1.807) is 11.1 Å². The zero-order chi connectivity index (χ0) is 13.9. The van der Waals surface area contributed by atoms with Crippen LogP contribution in [0.3, 0.4) is 0 Å². The molecule has 2 heterocycles. The number of carbonyl (C=O) groups excluding carboxylic acids is 2. The third-order valence-corrected chi connectivity index (χ3v) is 3.75. The van der Waals surface area contributed by atoms with E-state index in [1.807, 2.05) is 12.1 Å². The van der Waals surface area contributed by atoms with Gasteiger partial charge in [0.2, 0.25) is 12.3 Å². The second-order valence-corrected chi connectivity index (χ2v) is 5.30. The first kappa shape index (κ1) is 12.9. The Kier molecular flexibility index (Phi) is 3.54. The lowest BCUT2D eigenvalue weighted by atomic mass is 10.3. The van der Waals surface area contributed by atoms with Gasteiger partial charge in [0.15, 0.2) is 0 Å². The van der Waals surface area contributed by atoms with E-state index >= 15 is 0 Å². The maximum atomic E-state index is 11.6. The number of aromatic nitrogens is 1. The average molecular weight is 274 g/mol. The van der Waals surface area contributed by atoms with Crippen LogP contribution in [-0.2, 0) is 9.59 Å². The molecule has 6 nitrogen and oxygen atoms in total. The predicted octanol–water partition coefficient (Wildman–Crippen LogP) is 0.708. The maximum absolute atomic E-state index is 11.6. The van der Waals surface area contributed by atoms with Gasteiger partial charge in [0.05, 0.1) is 11.9 Å². The fourth-order valence-corrected chi connectivity index (χ4v) is 2.29. The molecule has 20 heavy (non-hydrogen) atoms. The molecule has 2 fully saturated rings. The Morgan fingerprint density at radius 2 is 2.00 bits per heavy atom. The number of rotatable bonds is 4. The first-order chi connectivity index (χ1) is 9.76. The quantitative estimate of drug-likeness (QED) is 0.821. The molecule has 6 heteroatoms. The van der Waals surface area contributed by atoms with Crippen molar-refractivity contribution in [3.63, 3.8) is 0 Å². The van der Waals surface area contributed by atoms with Crippen LogP contribution in [0.1, 0.15) is 12.8 Å². The molecule has 0 radical (unpaired) electrons.